The van der Waals surface area contributed by atoms with Gasteiger partial charge >= 0.3 is 0 Å². The summed E-state index contributed by atoms with van der Waals surface area (Å²) in [7, 11) is 0. The van der Waals surface area contributed by atoms with Gasteiger partial charge in [0.2, 0.25) is 0 Å². The van der Waals surface area contributed by atoms with Crippen molar-refractivity contribution in [2.75, 3.05) is 9.80 Å². The van der Waals surface area contributed by atoms with Crippen LogP contribution >= 0.6 is 0 Å². The molecule has 590 valence electrons. The Labute approximate surface area is 733 Å². The predicted molar refractivity (Wildman–Crippen MR) is 529 cm³/mol. The molecule has 6 nitrogen and oxygen atoms in total. The topological polar surface area (TPSA) is 34.8 Å². The number of benzene rings is 19. The molecule has 2 aromatic heterocycles. The van der Waals surface area contributed by atoms with Crippen molar-refractivity contribution in [3.05, 3.63) is 436 Å². The summed E-state index contributed by atoms with van der Waals surface area (Å²) in [6.45, 7) is 6.25. The normalized spacial score (nSPS) is 12.8. The third kappa shape index (κ3) is 11.5. The van der Waals surface area contributed by atoms with Crippen LogP contribution in [0.3, 0.4) is 0 Å². The van der Waals surface area contributed by atoms with Crippen molar-refractivity contribution in [1.82, 2.24) is 9.13 Å². The summed E-state index contributed by atoms with van der Waals surface area (Å²) in [6, 6.07) is 160. The molecule has 0 aliphatic carbocycles. The van der Waals surface area contributed by atoms with Crippen molar-refractivity contribution in [3.8, 4) is 123 Å². The molecule has 21 aromatic rings. The van der Waals surface area contributed by atoms with Crippen molar-refractivity contribution in [1.29, 1.82) is 0 Å². The predicted octanol–water partition coefficient (Wildman–Crippen LogP) is 27.3. The lowest BCUT2D eigenvalue weighted by Gasteiger charge is -2.48. The average Bonchev–Trinajstić information content (AvgIpc) is 0.747. The molecule has 4 aliphatic heterocycles. The molecule has 25 rings (SSSR count). The summed E-state index contributed by atoms with van der Waals surface area (Å²) in [5.41, 5.74) is 37.3. The number of rotatable bonds is 12. The van der Waals surface area contributed by atoms with E-state index in [1.807, 2.05) is 0 Å². The largest absolute Gasteiger partial charge is 0.459 e. The molecule has 0 amide bonds. The summed E-state index contributed by atoms with van der Waals surface area (Å²) in [5, 5.41) is 4.76. The monoisotopic (exact) mass is 1610 g/mol. The number of fused-ring (bicyclic) bond motifs is 15. The van der Waals surface area contributed by atoms with Crippen LogP contribution in [0.4, 0.5) is 34.1 Å². The van der Waals surface area contributed by atoms with Crippen molar-refractivity contribution >= 4 is 124 Å². The summed E-state index contributed by atoms with van der Waals surface area (Å²) < 4.78 is 21.7. The Kier molecular flexibility index (Phi) is 16.7. The first kappa shape index (κ1) is 72.9. The minimum absolute atomic E-state index is 0.397. The fourth-order valence-electron chi connectivity index (χ4n) is 21.1. The molecule has 0 unspecified atom stereocenters. The Morgan fingerprint density at radius 1 is 0.230 bits per heavy atom. The van der Waals surface area contributed by atoms with Crippen molar-refractivity contribution in [2.45, 2.75) is 26.2 Å². The highest BCUT2D eigenvalue weighted by atomic mass is 16.5. The lowest BCUT2D eigenvalue weighted by atomic mass is 9.30. The van der Waals surface area contributed by atoms with Crippen LogP contribution in [0.2, 0.25) is 0 Å². The summed E-state index contributed by atoms with van der Waals surface area (Å²) >= 11 is 0. The number of hydrogen-bond donors (Lipinski definition) is 0. The highest BCUT2D eigenvalue weighted by molar-refractivity contribution is 7.03. The minimum Gasteiger partial charge on any atom is -0.459 e. The molecule has 19 aromatic carbocycles. The van der Waals surface area contributed by atoms with E-state index in [4.69, 9.17) is 9.47 Å². The van der Waals surface area contributed by atoms with Gasteiger partial charge in [0.05, 0.1) is 33.4 Å². The van der Waals surface area contributed by atoms with Gasteiger partial charge in [0, 0.05) is 101 Å². The van der Waals surface area contributed by atoms with Gasteiger partial charge in [0.15, 0.2) is 0 Å². The second-order valence-electron chi connectivity index (χ2n) is 34.8. The van der Waals surface area contributed by atoms with Crippen molar-refractivity contribution in [2.24, 2.45) is 0 Å². The van der Waals surface area contributed by atoms with E-state index in [1.54, 1.807) is 0 Å². The first-order valence-electron chi connectivity index (χ1n) is 43.8. The SMILES string of the molecule is CC(C)(C)c1cc2c3c(c1)N(c1c(-c4ccccc4)cccc1-c1ccccc1)c1cc4c5c(c1B3c1ccc(-n3c6ccccc6c6ccccc63)cc1N2c1c(-c2cccc(-c3ccccc3)c2)cccc1-c1cccc(-c2ccccc2)c1)Oc1cc(-n2c3ccccc3c3ccccc32)ccc1B5c1ccc(-c2ccccc2)c(-c2ccccc2)c1O4. The fraction of sp³-hybridized carbons (Fsp3) is 0.0339. The zero-order valence-corrected chi connectivity index (χ0v) is 69.8. The Bertz CT molecular complexity index is 7750. The van der Waals surface area contributed by atoms with Gasteiger partial charge < -0.3 is 28.4 Å². The Morgan fingerprint density at radius 2 is 0.595 bits per heavy atom. The van der Waals surface area contributed by atoms with Crippen LogP contribution in [0.15, 0.2) is 431 Å². The third-order valence-corrected chi connectivity index (χ3v) is 26.8. The van der Waals surface area contributed by atoms with Gasteiger partial charge in [-0.05, 0) is 166 Å². The summed E-state index contributed by atoms with van der Waals surface area (Å²) in [6.07, 6.45) is 0. The maximum atomic E-state index is 8.53. The van der Waals surface area contributed by atoms with E-state index in [9.17, 15) is 0 Å². The zero-order valence-electron chi connectivity index (χ0n) is 69.8. The summed E-state index contributed by atoms with van der Waals surface area (Å²) in [4.78, 5) is 5.38. The van der Waals surface area contributed by atoms with Crippen LogP contribution < -0.4 is 52.1 Å². The second-order valence-corrected chi connectivity index (χ2v) is 34.8. The van der Waals surface area contributed by atoms with E-state index in [1.165, 1.54) is 27.1 Å². The van der Waals surface area contributed by atoms with Gasteiger partial charge in [0.1, 0.15) is 23.0 Å². The highest BCUT2D eigenvalue weighted by Crippen LogP contribution is 2.57. The molecular formula is C118H80B2N4O2. The summed E-state index contributed by atoms with van der Waals surface area (Å²) in [5.74, 6) is 3.09. The van der Waals surface area contributed by atoms with Gasteiger partial charge in [-0.2, -0.15) is 0 Å². The van der Waals surface area contributed by atoms with Crippen LogP contribution in [-0.2, 0) is 5.41 Å². The maximum Gasteiger partial charge on any atom is 0.260 e. The number of aromatic nitrogens is 2. The Hall–Kier alpha value is -15.9. The van der Waals surface area contributed by atoms with Gasteiger partial charge in [-0.1, -0.05) is 373 Å². The number of anilines is 6. The van der Waals surface area contributed by atoms with Crippen LogP contribution in [0.5, 0.6) is 23.0 Å². The quantitative estimate of drug-likeness (QED) is 0.114. The fourth-order valence-corrected chi connectivity index (χ4v) is 21.1. The molecule has 0 N–H and O–H groups in total. The van der Waals surface area contributed by atoms with Gasteiger partial charge in [-0.15, -0.1) is 0 Å². The Balaban J connectivity index is 0.854. The van der Waals surface area contributed by atoms with E-state index in [2.05, 4.69) is 470 Å². The molecule has 0 saturated heterocycles. The number of hydrogen-bond acceptors (Lipinski definition) is 4. The molecule has 0 fully saturated rings. The molecule has 0 bridgehead atoms. The maximum absolute atomic E-state index is 8.53. The molecule has 0 spiro atoms. The van der Waals surface area contributed by atoms with Crippen molar-refractivity contribution < 1.29 is 9.47 Å². The molecular weight excluding hydrogens is 1530 g/mol. The molecule has 0 atom stereocenters. The number of nitrogens with zero attached hydrogens (tertiary/aromatic N) is 4. The smallest absolute Gasteiger partial charge is 0.260 e. The molecule has 0 saturated carbocycles. The first-order chi connectivity index (χ1) is 62.2. The van der Waals surface area contributed by atoms with Crippen LogP contribution in [0.1, 0.15) is 26.3 Å². The van der Waals surface area contributed by atoms with Gasteiger partial charge in [-0.25, -0.2) is 0 Å². The van der Waals surface area contributed by atoms with E-state index < -0.39 is 18.8 Å². The lowest BCUT2D eigenvalue weighted by Crippen LogP contribution is -2.65. The Morgan fingerprint density at radius 3 is 1.07 bits per heavy atom. The lowest BCUT2D eigenvalue weighted by molar-refractivity contribution is 0.468. The average molecular weight is 1610 g/mol. The van der Waals surface area contributed by atoms with E-state index in [0.717, 1.165) is 212 Å². The standard InChI is InChI=1S/C118H80B2N4O2/c1-118(2,3)85-70-105-111-106(71-85)124(114-89(78-40-16-7-17-41-78)54-32-55-90(114)79-42-18-8-19-43-79)107-74-109-113-117(125-108-73-87(122-102-60-28-24-52-95(102)96-53-25-29-61-103(96)122)63-66-98(108)119(113)99-67-64-88(77-38-14-6-15-39-77)110(116(99)126-109)80-44-20-9-21-45-80)112(107)120(111)97-65-62-86(121-100-58-26-22-50-93(100)94-51-23-27-59-101(94)121)72-104(97)123(105)115-91(83-48-30-46-81(68-83)75-34-10-4-11-35-75)56-33-57-92(115)84-49-31-47-82(69-84)76-36-12-5-13-37-76/h4-74H,1-3H3. The first-order valence-corrected chi connectivity index (χ1v) is 43.8. The van der Waals surface area contributed by atoms with Crippen LogP contribution in [0, 0.1) is 0 Å². The van der Waals surface area contributed by atoms with Crippen LogP contribution in [-0.4, -0.2) is 22.6 Å². The molecule has 0 radical (unpaired) electrons. The molecule has 4 aliphatic rings. The zero-order chi connectivity index (χ0) is 83.4. The van der Waals surface area contributed by atoms with E-state index >= 15 is 0 Å². The highest BCUT2D eigenvalue weighted by Gasteiger charge is 2.52. The molecule has 8 heteroatoms. The second kappa shape index (κ2) is 28.9. The number of ether oxygens (including phenoxy) is 2. The van der Waals surface area contributed by atoms with Crippen LogP contribution in [0.25, 0.3) is 144 Å². The van der Waals surface area contributed by atoms with Gasteiger partial charge in [-0.3, -0.25) is 0 Å². The van der Waals surface area contributed by atoms with Crippen molar-refractivity contribution in [3.63, 3.8) is 0 Å². The van der Waals surface area contributed by atoms with E-state index in [-0.39, 0.29) is 0 Å². The molecule has 6 heterocycles. The van der Waals surface area contributed by atoms with Gasteiger partial charge in [0.25, 0.3) is 13.4 Å². The number of para-hydroxylation sites is 6. The third-order valence-electron chi connectivity index (χ3n) is 26.8. The minimum atomic E-state index is -0.513. The molecule has 126 heavy (non-hydrogen) atoms. The van der Waals surface area contributed by atoms with E-state index in [0.29, 0.717) is 0 Å².